The molecule has 31 heavy (non-hydrogen) atoms. The lowest BCUT2D eigenvalue weighted by molar-refractivity contribution is 0.727. The molecular weight excluding hydrogens is 460 g/mol. The van der Waals surface area contributed by atoms with Crippen molar-refractivity contribution < 1.29 is 0 Å². The second-order valence-corrected chi connectivity index (χ2v) is 10.2. The predicted molar refractivity (Wildman–Crippen MR) is 133 cm³/mol. The Labute approximate surface area is 194 Å². The lowest BCUT2D eigenvalue weighted by atomic mass is 9.66. The molecule has 0 nitrogen and oxygen atoms in total. The first kappa shape index (κ1) is 17.8. The summed E-state index contributed by atoms with van der Waals surface area (Å²) >= 11 is 5.67. The summed E-state index contributed by atoms with van der Waals surface area (Å²) in [6.45, 7) is 0. The van der Waals surface area contributed by atoms with Crippen LogP contribution in [0.4, 0.5) is 0 Å². The van der Waals surface area contributed by atoms with E-state index in [9.17, 15) is 0 Å². The molecule has 0 fully saturated rings. The van der Waals surface area contributed by atoms with E-state index in [1.165, 1.54) is 53.9 Å². The van der Waals surface area contributed by atoms with Crippen molar-refractivity contribution in [3.05, 3.63) is 130 Å². The van der Waals surface area contributed by atoms with Gasteiger partial charge in [-0.2, -0.15) is 0 Å². The molecule has 2 heteroatoms. The first-order chi connectivity index (χ1) is 15.3. The van der Waals surface area contributed by atoms with Crippen molar-refractivity contribution in [3.8, 4) is 11.1 Å². The molecule has 0 bridgehead atoms. The van der Waals surface area contributed by atoms with Crippen LogP contribution in [0.3, 0.4) is 0 Å². The van der Waals surface area contributed by atoms with E-state index in [4.69, 9.17) is 0 Å². The van der Waals surface area contributed by atoms with Crippen LogP contribution in [0, 0.1) is 0 Å². The number of hydrogen-bond acceptors (Lipinski definition) is 1. The summed E-state index contributed by atoms with van der Waals surface area (Å²) < 4.78 is 1.12. The molecule has 1 heterocycles. The summed E-state index contributed by atoms with van der Waals surface area (Å²) in [5.74, 6) is 0. The molecule has 1 aliphatic heterocycles. The molecular formula is C29H17BrS. The Bertz CT molecular complexity index is 1530. The molecule has 0 saturated heterocycles. The smallest absolute Gasteiger partial charge is 0.0741 e. The van der Waals surface area contributed by atoms with Gasteiger partial charge in [-0.05, 0) is 68.4 Å². The van der Waals surface area contributed by atoms with Crippen LogP contribution < -0.4 is 0 Å². The highest BCUT2D eigenvalue weighted by Crippen LogP contribution is 2.63. The Hall–Kier alpha value is -2.81. The molecule has 1 aliphatic carbocycles. The van der Waals surface area contributed by atoms with E-state index in [0.29, 0.717) is 0 Å². The molecule has 0 saturated carbocycles. The molecule has 5 aromatic carbocycles. The Balaban J connectivity index is 1.78. The Morgan fingerprint density at radius 1 is 0.581 bits per heavy atom. The van der Waals surface area contributed by atoms with Crippen LogP contribution >= 0.6 is 27.7 Å². The number of hydrogen-bond donors (Lipinski definition) is 0. The lowest BCUT2D eigenvalue weighted by Gasteiger charge is -2.40. The zero-order valence-electron chi connectivity index (χ0n) is 16.6. The summed E-state index contributed by atoms with van der Waals surface area (Å²) in [6, 6.07) is 38.2. The van der Waals surface area contributed by atoms with Gasteiger partial charge < -0.3 is 0 Å². The van der Waals surface area contributed by atoms with Gasteiger partial charge in [-0.25, -0.2) is 0 Å². The maximum absolute atomic E-state index is 3.78. The van der Waals surface area contributed by atoms with E-state index >= 15 is 0 Å². The third kappa shape index (κ3) is 2.22. The van der Waals surface area contributed by atoms with Gasteiger partial charge in [0.25, 0.3) is 0 Å². The van der Waals surface area contributed by atoms with Crippen LogP contribution in [-0.2, 0) is 5.41 Å². The van der Waals surface area contributed by atoms with Gasteiger partial charge in [-0.1, -0.05) is 107 Å². The van der Waals surface area contributed by atoms with Gasteiger partial charge in [0.15, 0.2) is 0 Å². The number of benzene rings is 5. The molecule has 0 radical (unpaired) electrons. The highest BCUT2D eigenvalue weighted by Gasteiger charge is 2.50. The van der Waals surface area contributed by atoms with Crippen LogP contribution in [-0.4, -0.2) is 0 Å². The predicted octanol–water partition coefficient (Wildman–Crippen LogP) is 8.43. The quantitative estimate of drug-likeness (QED) is 0.211. The third-order valence-corrected chi connectivity index (χ3v) is 8.43. The topological polar surface area (TPSA) is 0 Å². The normalized spacial score (nSPS) is 17.8. The molecule has 146 valence electrons. The second-order valence-electron chi connectivity index (χ2n) is 8.24. The molecule has 0 N–H and O–H groups in total. The second kappa shape index (κ2) is 6.35. The van der Waals surface area contributed by atoms with Crippen molar-refractivity contribution in [2.24, 2.45) is 0 Å². The zero-order chi connectivity index (χ0) is 20.6. The molecule has 0 amide bonds. The van der Waals surface area contributed by atoms with E-state index in [1.54, 1.807) is 0 Å². The van der Waals surface area contributed by atoms with Crippen molar-refractivity contribution in [1.82, 2.24) is 0 Å². The fourth-order valence-electron chi connectivity index (χ4n) is 5.65. The standard InChI is InChI=1S/C29H17BrS/c30-19-14-16-27-25(17-19)29(24-11-5-6-12-26(24)31-27)23-10-4-3-9-21(23)22-15-13-18-7-1-2-8-20(18)28(22)29/h1-17H. The molecule has 2 aliphatic rings. The van der Waals surface area contributed by atoms with E-state index in [2.05, 4.69) is 119 Å². The number of rotatable bonds is 0. The van der Waals surface area contributed by atoms with Gasteiger partial charge in [0.1, 0.15) is 0 Å². The Morgan fingerprint density at radius 3 is 2.26 bits per heavy atom. The molecule has 1 atom stereocenters. The van der Waals surface area contributed by atoms with Crippen molar-refractivity contribution in [1.29, 1.82) is 0 Å². The summed E-state index contributed by atoms with van der Waals surface area (Å²) in [7, 11) is 0. The average molecular weight is 477 g/mol. The Morgan fingerprint density at radius 2 is 1.32 bits per heavy atom. The van der Waals surface area contributed by atoms with Gasteiger partial charge in [0.2, 0.25) is 0 Å². The minimum absolute atomic E-state index is 0.326. The highest BCUT2D eigenvalue weighted by atomic mass is 79.9. The summed E-state index contributed by atoms with van der Waals surface area (Å²) in [6.07, 6.45) is 0. The molecule has 0 aromatic heterocycles. The van der Waals surface area contributed by atoms with Crippen LogP contribution in [0.1, 0.15) is 22.3 Å². The SMILES string of the molecule is Brc1ccc2c(c1)C1(c3ccccc3S2)c2ccccc2-c2ccc3ccccc3c21. The van der Waals surface area contributed by atoms with Crippen molar-refractivity contribution in [2.45, 2.75) is 15.2 Å². The summed E-state index contributed by atoms with van der Waals surface area (Å²) in [4.78, 5) is 2.67. The van der Waals surface area contributed by atoms with Gasteiger partial charge in [0.05, 0.1) is 5.41 Å². The van der Waals surface area contributed by atoms with E-state index in [-0.39, 0.29) is 5.41 Å². The zero-order valence-corrected chi connectivity index (χ0v) is 19.0. The van der Waals surface area contributed by atoms with Crippen LogP contribution in [0.25, 0.3) is 21.9 Å². The van der Waals surface area contributed by atoms with Gasteiger partial charge >= 0.3 is 0 Å². The van der Waals surface area contributed by atoms with Gasteiger partial charge in [-0.15, -0.1) is 0 Å². The highest BCUT2D eigenvalue weighted by molar-refractivity contribution is 9.10. The fraction of sp³-hybridized carbons (Fsp3) is 0.0345. The molecule has 5 aromatic rings. The van der Waals surface area contributed by atoms with E-state index < -0.39 is 0 Å². The number of fused-ring (bicyclic) bond motifs is 11. The lowest BCUT2D eigenvalue weighted by Crippen LogP contribution is -2.32. The molecule has 7 rings (SSSR count). The first-order valence-corrected chi connectivity index (χ1v) is 12.1. The summed E-state index contributed by atoms with van der Waals surface area (Å²) in [5, 5.41) is 2.63. The van der Waals surface area contributed by atoms with Crippen molar-refractivity contribution in [3.63, 3.8) is 0 Å². The van der Waals surface area contributed by atoms with E-state index in [0.717, 1.165) is 4.47 Å². The van der Waals surface area contributed by atoms with Crippen molar-refractivity contribution >= 4 is 38.5 Å². The number of halogens is 1. The van der Waals surface area contributed by atoms with Crippen LogP contribution in [0.2, 0.25) is 0 Å². The van der Waals surface area contributed by atoms with Gasteiger partial charge in [-0.3, -0.25) is 0 Å². The minimum Gasteiger partial charge on any atom is -0.0894 e. The third-order valence-electron chi connectivity index (χ3n) is 6.78. The monoisotopic (exact) mass is 476 g/mol. The fourth-order valence-corrected chi connectivity index (χ4v) is 7.19. The molecule has 1 unspecified atom stereocenters. The maximum Gasteiger partial charge on any atom is 0.0741 e. The maximum atomic E-state index is 3.78. The van der Waals surface area contributed by atoms with Crippen LogP contribution in [0.15, 0.2) is 117 Å². The molecule has 1 spiro atoms. The average Bonchev–Trinajstić information content (AvgIpc) is 3.12. The van der Waals surface area contributed by atoms with E-state index in [1.807, 2.05) is 11.8 Å². The Kier molecular flexibility index (Phi) is 3.65. The minimum atomic E-state index is -0.326. The summed E-state index contributed by atoms with van der Waals surface area (Å²) in [5.41, 5.74) is 7.92. The van der Waals surface area contributed by atoms with Crippen molar-refractivity contribution in [2.75, 3.05) is 0 Å². The van der Waals surface area contributed by atoms with Gasteiger partial charge in [0, 0.05) is 14.3 Å². The largest absolute Gasteiger partial charge is 0.0894 e. The van der Waals surface area contributed by atoms with Crippen LogP contribution in [0.5, 0.6) is 0 Å². The first-order valence-electron chi connectivity index (χ1n) is 10.5.